The molecule has 0 spiro atoms. The van der Waals surface area contributed by atoms with Crippen molar-refractivity contribution >= 4 is 23.2 Å². The zero-order chi connectivity index (χ0) is 18.0. The molecule has 1 heterocycles. The molecule has 1 aliphatic heterocycles. The summed E-state index contributed by atoms with van der Waals surface area (Å²) in [6.45, 7) is 4.56. The first kappa shape index (κ1) is 17.3. The van der Waals surface area contributed by atoms with E-state index < -0.39 is 33.5 Å². The van der Waals surface area contributed by atoms with E-state index in [1.165, 1.54) is 13.8 Å². The number of ether oxygens (including phenoxy) is 2. The minimum atomic E-state index is -1.12. The fraction of sp³-hybridized carbons (Fsp3) is 0.385. The smallest absolute Gasteiger partial charge is 0.307 e. The molecule has 0 aliphatic carbocycles. The van der Waals surface area contributed by atoms with Crippen molar-refractivity contribution < 1.29 is 24.1 Å². The van der Waals surface area contributed by atoms with Crippen molar-refractivity contribution in [3.8, 4) is 0 Å². The molecule has 24 heavy (non-hydrogen) atoms. The van der Waals surface area contributed by atoms with E-state index in [0.717, 1.165) is 17.1 Å². The van der Waals surface area contributed by atoms with E-state index in [1.807, 2.05) is 0 Å². The third-order valence-electron chi connectivity index (χ3n) is 3.25. The molecule has 11 nitrogen and oxygen atoms in total. The van der Waals surface area contributed by atoms with Crippen LogP contribution in [-0.2, 0) is 14.3 Å². The number of non-ortho nitro benzene ring substituents is 1. The maximum Gasteiger partial charge on any atom is 0.307 e. The van der Waals surface area contributed by atoms with Gasteiger partial charge < -0.3 is 9.47 Å². The summed E-state index contributed by atoms with van der Waals surface area (Å²) in [6, 6.07) is 1.96. The molecular weight excluding hydrogens is 324 g/mol. The quantitative estimate of drug-likeness (QED) is 0.588. The Morgan fingerprint density at radius 2 is 2.04 bits per heavy atom. The van der Waals surface area contributed by atoms with Crippen molar-refractivity contribution in [2.24, 2.45) is 5.10 Å². The van der Waals surface area contributed by atoms with E-state index >= 15 is 0 Å². The third kappa shape index (κ3) is 3.15. The van der Waals surface area contributed by atoms with Crippen LogP contribution in [0.5, 0.6) is 0 Å². The van der Waals surface area contributed by atoms with Gasteiger partial charge in [0, 0.05) is 25.2 Å². The Bertz CT molecular complexity index is 746. The molecule has 11 heteroatoms. The van der Waals surface area contributed by atoms with E-state index in [1.54, 1.807) is 6.92 Å². The summed E-state index contributed by atoms with van der Waals surface area (Å²) in [7, 11) is 0. The Kier molecular flexibility index (Phi) is 4.74. The van der Waals surface area contributed by atoms with Gasteiger partial charge in [-0.15, -0.1) is 5.10 Å². The number of hydrogen-bond donors (Lipinski definition) is 0. The van der Waals surface area contributed by atoms with Crippen molar-refractivity contribution in [3.05, 3.63) is 43.5 Å². The molecule has 0 saturated carbocycles. The highest BCUT2D eigenvalue weighted by molar-refractivity contribution is 5.99. The summed E-state index contributed by atoms with van der Waals surface area (Å²) >= 11 is 0. The predicted octanol–water partition coefficient (Wildman–Crippen LogP) is 1.67. The molecule has 0 fully saturated rings. The van der Waals surface area contributed by atoms with Crippen LogP contribution < -0.4 is 0 Å². The Morgan fingerprint density at radius 1 is 1.38 bits per heavy atom. The molecule has 0 aromatic heterocycles. The van der Waals surface area contributed by atoms with E-state index in [9.17, 15) is 25.0 Å². The van der Waals surface area contributed by atoms with Crippen LogP contribution in [0.25, 0.3) is 0 Å². The van der Waals surface area contributed by atoms with Crippen LogP contribution in [0.4, 0.5) is 11.4 Å². The van der Waals surface area contributed by atoms with Gasteiger partial charge in [0.25, 0.3) is 11.4 Å². The van der Waals surface area contributed by atoms with Gasteiger partial charge >= 0.3 is 6.41 Å². The Hall–Kier alpha value is -3.08. The van der Waals surface area contributed by atoms with E-state index in [0.29, 0.717) is 0 Å². The normalized spacial score (nSPS) is 16.5. The van der Waals surface area contributed by atoms with E-state index in [4.69, 9.17) is 9.47 Å². The fourth-order valence-electron chi connectivity index (χ4n) is 2.10. The number of nitro benzene ring substituents is 2. The molecule has 1 aromatic carbocycles. The first-order chi connectivity index (χ1) is 11.3. The standard InChI is InChI=1S/C13H14N4O7/c1-4-23-13-15(8(3)18)14-12(24-13)10-5-9(16(19)20)6-11(7(10)2)17(21)22/h5-6,13H,4H2,1-3H3. The minimum absolute atomic E-state index is 0.0457. The van der Waals surface area contributed by atoms with Crippen molar-refractivity contribution in [1.29, 1.82) is 0 Å². The number of carbonyl (C=O) groups excluding carboxylic acids is 1. The second kappa shape index (κ2) is 6.58. The van der Waals surface area contributed by atoms with Gasteiger partial charge in [0.05, 0.1) is 21.5 Å². The molecule has 1 aromatic rings. The number of hydrogen-bond acceptors (Lipinski definition) is 8. The van der Waals surface area contributed by atoms with Gasteiger partial charge in [-0.1, -0.05) is 0 Å². The van der Waals surface area contributed by atoms with Crippen LogP contribution in [0, 0.1) is 27.2 Å². The van der Waals surface area contributed by atoms with Gasteiger partial charge in [-0.05, 0) is 13.8 Å². The molecule has 1 aliphatic rings. The summed E-state index contributed by atoms with van der Waals surface area (Å²) in [5.41, 5.74) is -0.753. The number of nitrogens with zero attached hydrogens (tertiary/aromatic N) is 4. The van der Waals surface area contributed by atoms with Gasteiger partial charge in [0.2, 0.25) is 11.8 Å². The Labute approximate surface area is 135 Å². The Morgan fingerprint density at radius 3 is 2.54 bits per heavy atom. The van der Waals surface area contributed by atoms with Gasteiger partial charge in [0.15, 0.2) is 0 Å². The number of rotatable bonds is 5. The number of hydrazone groups is 1. The average Bonchev–Trinajstić information content (AvgIpc) is 2.91. The van der Waals surface area contributed by atoms with Crippen molar-refractivity contribution in [2.75, 3.05) is 6.61 Å². The minimum Gasteiger partial charge on any atom is -0.425 e. The monoisotopic (exact) mass is 338 g/mol. The zero-order valence-electron chi connectivity index (χ0n) is 13.1. The zero-order valence-corrected chi connectivity index (χ0v) is 13.1. The van der Waals surface area contributed by atoms with Crippen LogP contribution in [0.15, 0.2) is 17.2 Å². The molecule has 0 bridgehead atoms. The topological polar surface area (TPSA) is 137 Å². The van der Waals surface area contributed by atoms with Crippen LogP contribution in [0.1, 0.15) is 25.0 Å². The number of amides is 1. The molecule has 128 valence electrons. The maximum atomic E-state index is 11.6. The highest BCUT2D eigenvalue weighted by Crippen LogP contribution is 2.30. The first-order valence-electron chi connectivity index (χ1n) is 6.86. The van der Waals surface area contributed by atoms with Gasteiger partial charge in [-0.2, -0.15) is 5.01 Å². The molecule has 0 N–H and O–H groups in total. The highest BCUT2D eigenvalue weighted by atomic mass is 16.7. The predicted molar refractivity (Wildman–Crippen MR) is 80.0 cm³/mol. The second-order valence-corrected chi connectivity index (χ2v) is 4.80. The lowest BCUT2D eigenvalue weighted by molar-refractivity contribution is -0.394. The molecule has 1 amide bonds. The van der Waals surface area contributed by atoms with E-state index in [2.05, 4.69) is 5.10 Å². The third-order valence-corrected chi connectivity index (χ3v) is 3.25. The van der Waals surface area contributed by atoms with Crippen LogP contribution >= 0.6 is 0 Å². The summed E-state index contributed by atoms with van der Waals surface area (Å²) in [5.74, 6) is -0.631. The molecular formula is C13H14N4O7. The molecule has 0 radical (unpaired) electrons. The molecule has 1 atom stereocenters. The molecule has 0 saturated heterocycles. The van der Waals surface area contributed by atoms with Crippen molar-refractivity contribution in [3.63, 3.8) is 0 Å². The number of benzene rings is 1. The van der Waals surface area contributed by atoms with Gasteiger partial charge in [-0.25, -0.2) is 0 Å². The van der Waals surface area contributed by atoms with Gasteiger partial charge in [-0.3, -0.25) is 25.0 Å². The number of carbonyl (C=O) groups is 1. The maximum absolute atomic E-state index is 11.6. The van der Waals surface area contributed by atoms with E-state index in [-0.39, 0.29) is 23.6 Å². The number of nitro groups is 2. The summed E-state index contributed by atoms with van der Waals surface area (Å²) in [5, 5.41) is 27.0. The fourth-order valence-corrected chi connectivity index (χ4v) is 2.10. The summed E-state index contributed by atoms with van der Waals surface area (Å²) < 4.78 is 10.6. The lowest BCUT2D eigenvalue weighted by atomic mass is 10.1. The lowest BCUT2D eigenvalue weighted by Gasteiger charge is -2.17. The summed E-state index contributed by atoms with van der Waals surface area (Å²) in [4.78, 5) is 32.2. The van der Waals surface area contributed by atoms with Crippen LogP contribution in [0.3, 0.4) is 0 Å². The van der Waals surface area contributed by atoms with Gasteiger partial charge in [0.1, 0.15) is 0 Å². The largest absolute Gasteiger partial charge is 0.425 e. The molecule has 1 unspecified atom stereocenters. The van der Waals surface area contributed by atoms with Crippen molar-refractivity contribution in [2.45, 2.75) is 27.2 Å². The van der Waals surface area contributed by atoms with Crippen LogP contribution in [0.2, 0.25) is 0 Å². The van der Waals surface area contributed by atoms with Crippen LogP contribution in [-0.4, -0.2) is 39.7 Å². The Balaban J connectivity index is 2.55. The SMILES string of the molecule is CCOC1OC(c2cc([N+](=O)[O-])cc([N+](=O)[O-])c2C)=NN1C(C)=O. The van der Waals surface area contributed by atoms with Crippen molar-refractivity contribution in [1.82, 2.24) is 5.01 Å². The summed E-state index contributed by atoms with van der Waals surface area (Å²) in [6.07, 6.45) is -1.12. The highest BCUT2D eigenvalue weighted by Gasteiger charge is 2.35. The molecule has 2 rings (SSSR count). The first-order valence-corrected chi connectivity index (χ1v) is 6.86. The lowest BCUT2D eigenvalue weighted by Crippen LogP contribution is -2.34. The average molecular weight is 338 g/mol. The second-order valence-electron chi connectivity index (χ2n) is 4.80.